The van der Waals surface area contributed by atoms with Crippen LogP contribution in [0.25, 0.3) is 0 Å². The molecule has 2 N–H and O–H groups in total. The van der Waals surface area contributed by atoms with E-state index in [-0.39, 0.29) is 19.1 Å². The topological polar surface area (TPSA) is 98.6 Å². The maximum atomic E-state index is 14.0. The molecule has 5 aromatic carbocycles. The Kier molecular flexibility index (Phi) is 11.8. The fourth-order valence-electron chi connectivity index (χ4n) is 5.66. The highest BCUT2D eigenvalue weighted by Gasteiger charge is 2.44. The zero-order valence-corrected chi connectivity index (χ0v) is 28.0. The first-order chi connectivity index (χ1) is 24.6. The number of aliphatic hydroxyl groups excluding tert-OH is 1. The molecule has 6 rings (SSSR count). The number of ether oxygens (including phenoxy) is 4. The molecule has 5 aromatic rings. The van der Waals surface area contributed by atoms with Crippen LogP contribution in [0.5, 0.6) is 17.2 Å². The third kappa shape index (κ3) is 9.30. The molecular formula is C42H42N2O6. The van der Waals surface area contributed by atoms with Gasteiger partial charge in [-0.15, -0.1) is 0 Å². The number of amides is 1. The molecule has 0 unspecified atom stereocenters. The largest absolute Gasteiger partial charge is 0.494 e. The normalized spacial score (nSPS) is 15.1. The summed E-state index contributed by atoms with van der Waals surface area (Å²) >= 11 is 0. The van der Waals surface area contributed by atoms with E-state index in [2.05, 4.69) is 5.32 Å². The molecule has 0 aliphatic carbocycles. The minimum Gasteiger partial charge on any atom is -0.494 e. The van der Waals surface area contributed by atoms with Crippen LogP contribution in [0, 0.1) is 0 Å². The number of aliphatic hydroxyl groups is 1. The van der Waals surface area contributed by atoms with Gasteiger partial charge in [0.15, 0.2) is 17.0 Å². The first-order valence-electron chi connectivity index (χ1n) is 17.0. The highest BCUT2D eigenvalue weighted by molar-refractivity contribution is 6.00. The Labute approximate surface area is 293 Å². The van der Waals surface area contributed by atoms with Crippen molar-refractivity contribution in [3.05, 3.63) is 161 Å². The highest BCUT2D eigenvalue weighted by atomic mass is 16.5. The molecule has 1 aliphatic rings. The molecule has 1 atom stereocenters. The van der Waals surface area contributed by atoms with E-state index < -0.39 is 5.54 Å². The van der Waals surface area contributed by atoms with Gasteiger partial charge in [0.1, 0.15) is 25.6 Å². The maximum Gasteiger partial charge on any atom is 0.251 e. The van der Waals surface area contributed by atoms with Crippen molar-refractivity contribution in [1.29, 1.82) is 0 Å². The highest BCUT2D eigenvalue weighted by Crippen LogP contribution is 2.31. The average molecular weight is 671 g/mol. The van der Waals surface area contributed by atoms with Crippen molar-refractivity contribution in [2.45, 2.75) is 38.0 Å². The molecule has 0 fully saturated rings. The zero-order valence-electron chi connectivity index (χ0n) is 28.0. The number of hydrogen-bond donors (Lipinski definition) is 2. The Bertz CT molecular complexity index is 1830. The number of nitrogens with zero attached hydrogens (tertiary/aromatic N) is 1. The van der Waals surface area contributed by atoms with Crippen molar-refractivity contribution < 1.29 is 28.8 Å². The lowest BCUT2D eigenvalue weighted by atomic mass is 9.91. The fourth-order valence-corrected chi connectivity index (χ4v) is 5.66. The second-order valence-corrected chi connectivity index (χ2v) is 12.2. The van der Waals surface area contributed by atoms with Crippen LogP contribution in [0.1, 0.15) is 34.2 Å². The fraction of sp³-hybridized carbons (Fsp3) is 0.238. The number of aliphatic imine (C=N–C) groups is 1. The van der Waals surface area contributed by atoms with Gasteiger partial charge >= 0.3 is 0 Å². The summed E-state index contributed by atoms with van der Waals surface area (Å²) in [5, 5.41) is 12.2. The molecule has 8 heteroatoms. The van der Waals surface area contributed by atoms with E-state index >= 15 is 0 Å². The predicted molar refractivity (Wildman–Crippen MR) is 194 cm³/mol. The zero-order chi connectivity index (χ0) is 34.4. The first-order valence-corrected chi connectivity index (χ1v) is 17.0. The second kappa shape index (κ2) is 17.2. The SMILES string of the molecule is O=C(NCCc1ccc(OCc2ccccc2)c(OCc2ccccc2)c1)[C@@]1(Cc2ccccc2)COC(c2ccc(OCCCO)cc2)=N1. The Hall–Kier alpha value is -5.60. The van der Waals surface area contributed by atoms with E-state index in [4.69, 9.17) is 29.0 Å². The van der Waals surface area contributed by atoms with Crippen LogP contribution in [0.15, 0.2) is 138 Å². The van der Waals surface area contributed by atoms with Crippen LogP contribution in [0.4, 0.5) is 0 Å². The van der Waals surface area contributed by atoms with Gasteiger partial charge in [-0.3, -0.25) is 4.79 Å². The third-order valence-electron chi connectivity index (χ3n) is 8.38. The molecule has 0 bridgehead atoms. The Morgan fingerprint density at radius 2 is 1.34 bits per heavy atom. The van der Waals surface area contributed by atoms with Crippen LogP contribution in [-0.2, 0) is 35.6 Å². The molecule has 50 heavy (non-hydrogen) atoms. The van der Waals surface area contributed by atoms with Crippen LogP contribution >= 0.6 is 0 Å². The number of benzene rings is 5. The van der Waals surface area contributed by atoms with Crippen molar-refractivity contribution in [3.8, 4) is 17.2 Å². The van der Waals surface area contributed by atoms with Gasteiger partial charge in [0, 0.05) is 31.6 Å². The number of carbonyl (C=O) groups is 1. The van der Waals surface area contributed by atoms with E-state index in [1.165, 1.54) is 0 Å². The van der Waals surface area contributed by atoms with Crippen LogP contribution in [-0.4, -0.2) is 48.8 Å². The molecule has 0 radical (unpaired) electrons. The monoisotopic (exact) mass is 670 g/mol. The summed E-state index contributed by atoms with van der Waals surface area (Å²) in [6.45, 7) is 1.88. The first kappa shape index (κ1) is 34.3. The lowest BCUT2D eigenvalue weighted by Crippen LogP contribution is -2.48. The molecule has 0 spiro atoms. The van der Waals surface area contributed by atoms with Gasteiger partial charge < -0.3 is 29.4 Å². The summed E-state index contributed by atoms with van der Waals surface area (Å²) in [6.07, 6.45) is 1.55. The molecule has 256 valence electrons. The Balaban J connectivity index is 1.14. The van der Waals surface area contributed by atoms with E-state index in [9.17, 15) is 4.79 Å². The van der Waals surface area contributed by atoms with Gasteiger partial charge in [-0.2, -0.15) is 0 Å². The van der Waals surface area contributed by atoms with Gasteiger partial charge in [-0.1, -0.05) is 97.1 Å². The molecule has 0 saturated heterocycles. The minimum absolute atomic E-state index is 0.0783. The number of nitrogens with one attached hydrogen (secondary N) is 1. The smallest absolute Gasteiger partial charge is 0.251 e. The number of rotatable bonds is 17. The summed E-state index contributed by atoms with van der Waals surface area (Å²) < 4.78 is 24.2. The molecular weight excluding hydrogens is 628 g/mol. The lowest BCUT2D eigenvalue weighted by Gasteiger charge is -2.23. The van der Waals surface area contributed by atoms with Gasteiger partial charge in [0.05, 0.1) is 6.61 Å². The standard InChI is InChI=1S/C42H42N2O6/c45-25-10-26-47-37-20-18-36(19-21-37)40-44-42(31-50-40,28-33-11-4-1-5-12-33)41(46)43-24-23-32-17-22-38(48-29-34-13-6-2-7-14-34)39(27-32)49-30-35-15-8-3-9-16-35/h1-9,11-22,27,45H,10,23-26,28-31H2,(H,43,46)/t42-/m1/s1. The molecule has 1 heterocycles. The van der Waals surface area contributed by atoms with Crippen molar-refractivity contribution >= 4 is 11.8 Å². The van der Waals surface area contributed by atoms with Crippen molar-refractivity contribution in [3.63, 3.8) is 0 Å². The quantitative estimate of drug-likeness (QED) is 0.107. The van der Waals surface area contributed by atoms with Gasteiger partial charge in [-0.05, 0) is 65.1 Å². The maximum absolute atomic E-state index is 14.0. The summed E-state index contributed by atoms with van der Waals surface area (Å²) in [6, 6.07) is 43.3. The van der Waals surface area contributed by atoms with E-state index in [1.807, 2.05) is 133 Å². The van der Waals surface area contributed by atoms with Gasteiger partial charge in [0.25, 0.3) is 5.91 Å². The van der Waals surface area contributed by atoms with E-state index in [0.717, 1.165) is 27.8 Å². The summed E-state index contributed by atoms with van der Waals surface area (Å²) in [4.78, 5) is 18.9. The minimum atomic E-state index is -1.12. The molecule has 1 amide bonds. The van der Waals surface area contributed by atoms with Crippen molar-refractivity contribution in [2.75, 3.05) is 26.4 Å². The predicted octanol–water partition coefficient (Wildman–Crippen LogP) is 6.72. The molecule has 1 aliphatic heterocycles. The van der Waals surface area contributed by atoms with Crippen LogP contribution < -0.4 is 19.5 Å². The number of carbonyl (C=O) groups excluding carboxylic acids is 1. The lowest BCUT2D eigenvalue weighted by molar-refractivity contribution is -0.126. The van der Waals surface area contributed by atoms with Crippen molar-refractivity contribution in [2.24, 2.45) is 4.99 Å². The van der Waals surface area contributed by atoms with E-state index in [1.54, 1.807) is 0 Å². The summed E-state index contributed by atoms with van der Waals surface area (Å²) in [7, 11) is 0. The molecule has 8 nitrogen and oxygen atoms in total. The van der Waals surface area contributed by atoms with Gasteiger partial charge in [0.2, 0.25) is 5.90 Å². The van der Waals surface area contributed by atoms with Gasteiger partial charge in [-0.25, -0.2) is 4.99 Å². The molecule has 0 saturated carbocycles. The molecule has 0 aromatic heterocycles. The second-order valence-electron chi connectivity index (χ2n) is 12.2. The van der Waals surface area contributed by atoms with Crippen LogP contribution in [0.3, 0.4) is 0 Å². The van der Waals surface area contributed by atoms with E-state index in [0.29, 0.717) is 68.8 Å². The van der Waals surface area contributed by atoms with Crippen LogP contribution in [0.2, 0.25) is 0 Å². The third-order valence-corrected chi connectivity index (χ3v) is 8.38. The Morgan fingerprint density at radius 1 is 0.720 bits per heavy atom. The average Bonchev–Trinajstić information content (AvgIpc) is 3.60. The van der Waals surface area contributed by atoms with Crippen molar-refractivity contribution in [1.82, 2.24) is 5.32 Å². The summed E-state index contributed by atoms with van der Waals surface area (Å²) in [5.74, 6) is 2.23. The Morgan fingerprint density at radius 3 is 1.98 bits per heavy atom. The summed E-state index contributed by atoms with van der Waals surface area (Å²) in [5.41, 5.74) is 3.77. The number of hydrogen-bond acceptors (Lipinski definition) is 7.